The summed E-state index contributed by atoms with van der Waals surface area (Å²) in [6, 6.07) is 0. The molecule has 0 saturated carbocycles. The molecule has 0 N–H and O–H groups in total. The summed E-state index contributed by atoms with van der Waals surface area (Å²) in [4.78, 5) is 21.2. The maximum absolute atomic E-state index is 10.6. The van der Waals surface area contributed by atoms with Crippen LogP contribution in [0.15, 0.2) is 12.7 Å². The van der Waals surface area contributed by atoms with Gasteiger partial charge in [0, 0.05) is 19.2 Å². The minimum Gasteiger partial charge on any atom is -0.330 e. The molecule has 74 valence electrons. The van der Waals surface area contributed by atoms with E-state index < -0.39 is 5.97 Å². The van der Waals surface area contributed by atoms with E-state index in [0.29, 0.717) is 13.1 Å². The molecule has 0 bridgehead atoms. The van der Waals surface area contributed by atoms with Crippen LogP contribution in [0.3, 0.4) is 0 Å². The lowest BCUT2D eigenvalue weighted by Gasteiger charge is -2.18. The highest BCUT2D eigenvalue weighted by Crippen LogP contribution is 1.95. The molecule has 0 unspecified atom stereocenters. The third-order valence-corrected chi connectivity index (χ3v) is 1.71. The van der Waals surface area contributed by atoms with Crippen molar-refractivity contribution in [3.8, 4) is 0 Å². The highest BCUT2D eigenvalue weighted by Gasteiger charge is 2.08. The third-order valence-electron chi connectivity index (χ3n) is 1.38. The van der Waals surface area contributed by atoms with Gasteiger partial charge < -0.3 is 4.90 Å². The predicted octanol–water partition coefficient (Wildman–Crippen LogP) is 1.27. The molecule has 0 aromatic heterocycles. The van der Waals surface area contributed by atoms with Crippen LogP contribution in [0.2, 0.25) is 0 Å². The van der Waals surface area contributed by atoms with Gasteiger partial charge in [-0.1, -0.05) is 6.58 Å². The van der Waals surface area contributed by atoms with E-state index in [-0.39, 0.29) is 5.17 Å². The minimum atomic E-state index is -0.658. The first kappa shape index (κ1) is 11.9. The molecule has 0 aromatic carbocycles. The van der Waals surface area contributed by atoms with Crippen molar-refractivity contribution in [2.24, 2.45) is 0 Å². The summed E-state index contributed by atoms with van der Waals surface area (Å²) < 4.78 is 0. The molecule has 0 aliphatic heterocycles. The van der Waals surface area contributed by atoms with E-state index in [0.717, 1.165) is 6.08 Å². The monoisotopic (exact) mass is 203 g/mol. The Morgan fingerprint density at radius 3 is 2.38 bits per heavy atom. The molecular weight excluding hydrogens is 190 g/mol. The largest absolute Gasteiger partial charge is 0.378 e. The second-order valence-electron chi connectivity index (χ2n) is 2.13. The van der Waals surface area contributed by atoms with Gasteiger partial charge in [-0.3, -0.25) is 4.89 Å². The van der Waals surface area contributed by atoms with Crippen molar-refractivity contribution in [3.05, 3.63) is 12.7 Å². The lowest BCUT2D eigenvalue weighted by atomic mass is 10.6. The first-order valence-electron chi connectivity index (χ1n) is 3.95. The van der Waals surface area contributed by atoms with Crippen LogP contribution in [0, 0.1) is 0 Å². The summed E-state index contributed by atoms with van der Waals surface area (Å²) >= 11 is 4.83. The zero-order chi connectivity index (χ0) is 10.3. The number of nitrogens with zero attached hydrogens (tertiary/aromatic N) is 1. The molecule has 0 atom stereocenters. The second kappa shape index (κ2) is 6.42. The number of carbonyl (C=O) groups is 1. The van der Waals surface area contributed by atoms with Gasteiger partial charge in [-0.15, -0.1) is 0 Å². The van der Waals surface area contributed by atoms with Gasteiger partial charge in [-0.2, -0.15) is 0 Å². The number of carbonyl (C=O) groups excluding carboxylic acids is 1. The molecule has 0 aliphatic rings. The highest BCUT2D eigenvalue weighted by molar-refractivity contribution is 7.79. The fraction of sp³-hybridized carbons (Fsp3) is 0.500. The van der Waals surface area contributed by atoms with Crippen LogP contribution < -0.4 is 0 Å². The van der Waals surface area contributed by atoms with Gasteiger partial charge in [-0.05, 0) is 26.1 Å². The van der Waals surface area contributed by atoms with Crippen molar-refractivity contribution in [1.82, 2.24) is 4.90 Å². The van der Waals surface area contributed by atoms with Gasteiger partial charge in [0.05, 0.1) is 0 Å². The van der Waals surface area contributed by atoms with E-state index in [1.165, 1.54) is 0 Å². The fourth-order valence-corrected chi connectivity index (χ4v) is 0.937. The summed E-state index contributed by atoms with van der Waals surface area (Å²) in [7, 11) is 0. The van der Waals surface area contributed by atoms with E-state index in [1.807, 2.05) is 13.8 Å². The first-order valence-corrected chi connectivity index (χ1v) is 4.36. The van der Waals surface area contributed by atoms with Crippen LogP contribution in [0.1, 0.15) is 13.8 Å². The van der Waals surface area contributed by atoms with Gasteiger partial charge in [0.15, 0.2) is 0 Å². The molecule has 4 nitrogen and oxygen atoms in total. The summed E-state index contributed by atoms with van der Waals surface area (Å²) in [6.07, 6.45) is 1.00. The van der Waals surface area contributed by atoms with Crippen molar-refractivity contribution in [3.63, 3.8) is 0 Å². The molecule has 0 aliphatic carbocycles. The lowest BCUT2D eigenvalue weighted by molar-refractivity contribution is -0.219. The minimum absolute atomic E-state index is 0.153. The number of hydrogen-bond acceptors (Lipinski definition) is 4. The van der Waals surface area contributed by atoms with Crippen LogP contribution >= 0.6 is 12.2 Å². The highest BCUT2D eigenvalue weighted by atomic mass is 32.1. The Hall–Kier alpha value is -1.10. The molecule has 5 heteroatoms. The summed E-state index contributed by atoms with van der Waals surface area (Å²) in [5.41, 5.74) is 0. The van der Waals surface area contributed by atoms with Gasteiger partial charge in [0.2, 0.25) is 0 Å². The molecule has 0 amide bonds. The molecule has 13 heavy (non-hydrogen) atoms. The predicted molar refractivity (Wildman–Crippen MR) is 52.9 cm³/mol. The zero-order valence-corrected chi connectivity index (χ0v) is 8.60. The Balaban J connectivity index is 3.85. The van der Waals surface area contributed by atoms with Crippen molar-refractivity contribution in [1.29, 1.82) is 0 Å². The zero-order valence-electron chi connectivity index (χ0n) is 7.78. The number of hydrogen-bond donors (Lipinski definition) is 0. The maximum Gasteiger partial charge on any atom is 0.378 e. The Morgan fingerprint density at radius 2 is 2.00 bits per heavy atom. The van der Waals surface area contributed by atoms with Gasteiger partial charge in [0.1, 0.15) is 0 Å². The van der Waals surface area contributed by atoms with Crippen LogP contribution in [0.25, 0.3) is 0 Å². The van der Waals surface area contributed by atoms with Crippen molar-refractivity contribution in [2.45, 2.75) is 13.8 Å². The normalized spacial score (nSPS) is 8.77. The van der Waals surface area contributed by atoms with Crippen molar-refractivity contribution in [2.75, 3.05) is 13.1 Å². The summed E-state index contributed by atoms with van der Waals surface area (Å²) in [5, 5.41) is 0.153. The van der Waals surface area contributed by atoms with Crippen LogP contribution in [-0.2, 0) is 14.6 Å². The molecule has 0 heterocycles. The molecule has 0 fully saturated rings. The SMILES string of the molecule is C=CC(=O)OOC(=S)N(CC)CC. The lowest BCUT2D eigenvalue weighted by Crippen LogP contribution is -2.31. The summed E-state index contributed by atoms with van der Waals surface area (Å²) in [6.45, 7) is 8.48. The molecule has 0 spiro atoms. The Morgan fingerprint density at radius 1 is 1.46 bits per heavy atom. The molecular formula is C8H13NO3S. The number of thiocarbonyl (C=S) groups is 1. The standard InChI is InChI=1S/C8H13NO3S/c1-4-7(10)11-12-8(13)9(5-2)6-3/h4H,1,5-6H2,2-3H3. The number of rotatable bonds is 3. The quantitative estimate of drug-likeness (QED) is 0.299. The van der Waals surface area contributed by atoms with E-state index in [1.54, 1.807) is 4.90 Å². The smallest absolute Gasteiger partial charge is 0.330 e. The molecule has 0 saturated heterocycles. The van der Waals surface area contributed by atoms with Crippen LogP contribution in [0.5, 0.6) is 0 Å². The van der Waals surface area contributed by atoms with E-state index >= 15 is 0 Å². The maximum atomic E-state index is 10.6. The van der Waals surface area contributed by atoms with Gasteiger partial charge in [-0.25, -0.2) is 9.68 Å². The van der Waals surface area contributed by atoms with Crippen LogP contribution in [0.4, 0.5) is 0 Å². The van der Waals surface area contributed by atoms with E-state index in [4.69, 9.17) is 12.2 Å². The van der Waals surface area contributed by atoms with E-state index in [2.05, 4.69) is 16.4 Å². The fourth-order valence-electron chi connectivity index (χ4n) is 0.645. The Bertz CT molecular complexity index is 202. The van der Waals surface area contributed by atoms with Crippen molar-refractivity contribution < 1.29 is 14.6 Å². The third kappa shape index (κ3) is 4.47. The van der Waals surface area contributed by atoms with Crippen molar-refractivity contribution >= 4 is 23.4 Å². The molecule has 0 radical (unpaired) electrons. The molecule has 0 aromatic rings. The second-order valence-corrected chi connectivity index (χ2v) is 2.48. The first-order chi connectivity index (χ1) is 6.15. The van der Waals surface area contributed by atoms with Gasteiger partial charge >= 0.3 is 11.1 Å². The summed E-state index contributed by atoms with van der Waals surface area (Å²) in [5.74, 6) is -0.658. The topological polar surface area (TPSA) is 38.8 Å². The van der Waals surface area contributed by atoms with E-state index in [9.17, 15) is 4.79 Å². The van der Waals surface area contributed by atoms with Crippen LogP contribution in [-0.4, -0.2) is 29.1 Å². The van der Waals surface area contributed by atoms with Gasteiger partial charge in [0.25, 0.3) is 0 Å². The Labute approximate surface area is 83.0 Å². The average Bonchev–Trinajstić information content (AvgIpc) is 2.16. The Kier molecular flexibility index (Phi) is 5.88. The average molecular weight is 203 g/mol. The molecule has 0 rings (SSSR count).